The largest absolute Gasteiger partial charge is 0.299 e. The van der Waals surface area contributed by atoms with Gasteiger partial charge in [0.1, 0.15) is 5.82 Å². The van der Waals surface area contributed by atoms with E-state index in [9.17, 15) is 0 Å². The van der Waals surface area contributed by atoms with Gasteiger partial charge in [-0.25, -0.2) is 4.98 Å². The van der Waals surface area contributed by atoms with E-state index >= 15 is 0 Å². The van der Waals surface area contributed by atoms with Gasteiger partial charge in [-0.1, -0.05) is 52.8 Å². The van der Waals surface area contributed by atoms with Gasteiger partial charge in [0.15, 0.2) is 0 Å². The number of aromatic nitrogens is 2. The van der Waals surface area contributed by atoms with E-state index < -0.39 is 0 Å². The second-order valence-corrected chi connectivity index (χ2v) is 6.13. The van der Waals surface area contributed by atoms with Crippen LogP contribution in [0, 0.1) is 22.7 Å². The SMILES string of the molecule is CC.CC1CC=C(n2c(CC#N)nc3ccccc32)C1(C)C. The van der Waals surface area contributed by atoms with Crippen LogP contribution in [0.25, 0.3) is 16.7 Å². The highest BCUT2D eigenvalue weighted by Gasteiger charge is 2.36. The van der Waals surface area contributed by atoms with E-state index in [-0.39, 0.29) is 5.41 Å². The fourth-order valence-electron chi connectivity index (χ4n) is 3.01. The third-order valence-electron chi connectivity index (χ3n) is 4.67. The number of allylic oxidation sites excluding steroid dienone is 2. The molecule has 0 spiro atoms. The molecule has 0 bridgehead atoms. The van der Waals surface area contributed by atoms with Crippen LogP contribution >= 0.6 is 0 Å². The fraction of sp³-hybridized carbons (Fsp3) is 0.474. The van der Waals surface area contributed by atoms with Crippen molar-refractivity contribution in [1.82, 2.24) is 9.55 Å². The summed E-state index contributed by atoms with van der Waals surface area (Å²) in [4.78, 5) is 4.64. The Bertz CT molecular complexity index is 729. The Morgan fingerprint density at radius 2 is 2.00 bits per heavy atom. The van der Waals surface area contributed by atoms with E-state index in [0.717, 1.165) is 23.3 Å². The molecule has 0 saturated heterocycles. The van der Waals surface area contributed by atoms with Gasteiger partial charge in [-0.2, -0.15) is 5.26 Å². The van der Waals surface area contributed by atoms with Crippen molar-refractivity contribution in [2.45, 2.75) is 47.5 Å². The molecule has 0 saturated carbocycles. The molecular formula is C19H25N3. The molecule has 116 valence electrons. The topological polar surface area (TPSA) is 41.6 Å². The summed E-state index contributed by atoms with van der Waals surface area (Å²) in [7, 11) is 0. The molecule has 0 amide bonds. The van der Waals surface area contributed by atoms with Gasteiger partial charge in [0.2, 0.25) is 0 Å². The molecule has 3 rings (SSSR count). The van der Waals surface area contributed by atoms with Crippen molar-refractivity contribution in [2.24, 2.45) is 11.3 Å². The lowest BCUT2D eigenvalue weighted by Crippen LogP contribution is -2.22. The Labute approximate surface area is 133 Å². The van der Waals surface area contributed by atoms with E-state index in [1.54, 1.807) is 0 Å². The highest BCUT2D eigenvalue weighted by atomic mass is 15.1. The van der Waals surface area contributed by atoms with Crippen molar-refractivity contribution in [3.8, 4) is 6.07 Å². The second-order valence-electron chi connectivity index (χ2n) is 6.13. The van der Waals surface area contributed by atoms with Crippen molar-refractivity contribution >= 4 is 16.7 Å². The van der Waals surface area contributed by atoms with Crippen molar-refractivity contribution in [2.75, 3.05) is 0 Å². The lowest BCUT2D eigenvalue weighted by atomic mass is 9.81. The number of fused-ring (bicyclic) bond motifs is 1. The van der Waals surface area contributed by atoms with E-state index in [1.165, 1.54) is 5.70 Å². The molecule has 22 heavy (non-hydrogen) atoms. The molecule has 1 heterocycles. The number of nitriles is 1. The lowest BCUT2D eigenvalue weighted by Gasteiger charge is -2.29. The first kappa shape index (κ1) is 16.3. The third kappa shape index (κ3) is 2.54. The van der Waals surface area contributed by atoms with E-state index in [0.29, 0.717) is 12.3 Å². The average molecular weight is 295 g/mol. The summed E-state index contributed by atoms with van der Waals surface area (Å²) in [6.45, 7) is 10.8. The Morgan fingerprint density at radius 3 is 2.59 bits per heavy atom. The number of nitrogens with zero attached hydrogens (tertiary/aromatic N) is 3. The smallest absolute Gasteiger partial charge is 0.128 e. The maximum atomic E-state index is 9.07. The first-order valence-corrected chi connectivity index (χ1v) is 8.10. The molecule has 2 aromatic rings. The summed E-state index contributed by atoms with van der Waals surface area (Å²) in [6.07, 6.45) is 3.73. The summed E-state index contributed by atoms with van der Waals surface area (Å²) in [5, 5.41) is 9.07. The van der Waals surface area contributed by atoms with Gasteiger partial charge in [0.05, 0.1) is 23.5 Å². The summed E-state index contributed by atoms with van der Waals surface area (Å²) in [5.41, 5.74) is 3.46. The van der Waals surface area contributed by atoms with Crippen LogP contribution in [0.15, 0.2) is 30.3 Å². The number of imidazole rings is 1. The van der Waals surface area contributed by atoms with E-state index in [4.69, 9.17) is 5.26 Å². The highest BCUT2D eigenvalue weighted by molar-refractivity contribution is 5.81. The third-order valence-corrected chi connectivity index (χ3v) is 4.67. The molecule has 1 aliphatic carbocycles. The minimum atomic E-state index is 0.105. The van der Waals surface area contributed by atoms with Gasteiger partial charge >= 0.3 is 0 Å². The zero-order valence-electron chi connectivity index (χ0n) is 14.2. The standard InChI is InChI=1S/C17H19N3.C2H6/c1-12-8-9-15(17(12,2)3)20-14-7-5-4-6-13(14)19-16(20)10-11-18;1-2/h4-7,9,12H,8,10H2,1-3H3;1-2H3. The van der Waals surface area contributed by atoms with Gasteiger partial charge < -0.3 is 0 Å². The lowest BCUT2D eigenvalue weighted by molar-refractivity contribution is 0.338. The van der Waals surface area contributed by atoms with Crippen molar-refractivity contribution in [1.29, 1.82) is 5.26 Å². The number of rotatable bonds is 2. The molecule has 1 aromatic heterocycles. The molecule has 3 heteroatoms. The quantitative estimate of drug-likeness (QED) is 0.779. The zero-order chi connectivity index (χ0) is 16.3. The normalized spacial score (nSPS) is 19.3. The average Bonchev–Trinajstić information content (AvgIpc) is 2.99. The van der Waals surface area contributed by atoms with Crippen molar-refractivity contribution < 1.29 is 0 Å². The number of hydrogen-bond acceptors (Lipinski definition) is 2. The summed E-state index contributed by atoms with van der Waals surface area (Å²) in [6, 6.07) is 10.4. The Balaban J connectivity index is 0.000000847. The Kier molecular flexibility index (Phi) is 4.71. The van der Waals surface area contributed by atoms with E-state index in [2.05, 4.69) is 48.5 Å². The minimum absolute atomic E-state index is 0.105. The highest BCUT2D eigenvalue weighted by Crippen LogP contribution is 2.46. The van der Waals surface area contributed by atoms with Crippen LogP contribution in [-0.2, 0) is 6.42 Å². The molecule has 1 aromatic carbocycles. The molecular weight excluding hydrogens is 270 g/mol. The van der Waals surface area contributed by atoms with Crippen LogP contribution in [0.3, 0.4) is 0 Å². The number of hydrogen-bond donors (Lipinski definition) is 0. The van der Waals surface area contributed by atoms with Crippen LogP contribution in [-0.4, -0.2) is 9.55 Å². The molecule has 1 aliphatic rings. The van der Waals surface area contributed by atoms with Gasteiger partial charge in [0, 0.05) is 11.1 Å². The molecule has 0 fully saturated rings. The second kappa shape index (κ2) is 6.36. The molecule has 1 atom stereocenters. The summed E-state index contributed by atoms with van der Waals surface area (Å²) < 4.78 is 2.20. The van der Waals surface area contributed by atoms with E-state index in [1.807, 2.05) is 32.0 Å². The molecule has 0 aliphatic heterocycles. The number of benzene rings is 1. The molecule has 3 nitrogen and oxygen atoms in total. The van der Waals surface area contributed by atoms with Crippen molar-refractivity contribution in [3.63, 3.8) is 0 Å². The monoisotopic (exact) mass is 295 g/mol. The van der Waals surface area contributed by atoms with Crippen LogP contribution in [0.5, 0.6) is 0 Å². The molecule has 1 unspecified atom stereocenters. The Morgan fingerprint density at radius 1 is 1.32 bits per heavy atom. The fourth-order valence-corrected chi connectivity index (χ4v) is 3.01. The van der Waals surface area contributed by atoms with Crippen LogP contribution in [0.2, 0.25) is 0 Å². The first-order valence-electron chi connectivity index (χ1n) is 8.10. The van der Waals surface area contributed by atoms with Gasteiger partial charge in [-0.3, -0.25) is 4.57 Å². The van der Waals surface area contributed by atoms with Crippen LogP contribution in [0.1, 0.15) is 46.9 Å². The minimum Gasteiger partial charge on any atom is -0.299 e. The summed E-state index contributed by atoms with van der Waals surface area (Å²) in [5.74, 6) is 1.45. The maximum Gasteiger partial charge on any atom is 0.128 e. The molecule has 0 N–H and O–H groups in total. The van der Waals surface area contributed by atoms with Gasteiger partial charge in [0.25, 0.3) is 0 Å². The first-order chi connectivity index (χ1) is 10.6. The Hall–Kier alpha value is -2.08. The van der Waals surface area contributed by atoms with Gasteiger partial charge in [-0.05, 0) is 24.5 Å². The number of para-hydroxylation sites is 2. The van der Waals surface area contributed by atoms with Crippen molar-refractivity contribution in [3.05, 3.63) is 36.2 Å². The van der Waals surface area contributed by atoms with Crippen LogP contribution < -0.4 is 0 Å². The maximum absolute atomic E-state index is 9.07. The van der Waals surface area contributed by atoms with Gasteiger partial charge in [-0.15, -0.1) is 0 Å². The zero-order valence-corrected chi connectivity index (χ0v) is 14.2. The predicted molar refractivity (Wildman–Crippen MR) is 92.2 cm³/mol. The molecule has 0 radical (unpaired) electrons. The predicted octanol–water partition coefficient (Wildman–Crippen LogP) is 5.04. The van der Waals surface area contributed by atoms with Crippen LogP contribution in [0.4, 0.5) is 0 Å². The summed E-state index contributed by atoms with van der Waals surface area (Å²) >= 11 is 0.